The number of nitrogens with zero attached hydrogens (tertiary/aromatic N) is 2. The molecule has 2 aliphatic heterocycles. The van der Waals surface area contributed by atoms with Crippen LogP contribution in [0.25, 0.3) is 0 Å². The van der Waals surface area contributed by atoms with Gasteiger partial charge in [0, 0.05) is 31.7 Å². The molecule has 3 rings (SSSR count). The number of carbonyl (C=O) groups is 2. The number of likely N-dealkylation sites (tertiary alicyclic amines) is 1. The van der Waals surface area contributed by atoms with Crippen LogP contribution in [-0.4, -0.2) is 36.3 Å². The van der Waals surface area contributed by atoms with Crippen molar-refractivity contribution in [3.63, 3.8) is 0 Å². The molecule has 4 heteroatoms. The summed E-state index contributed by atoms with van der Waals surface area (Å²) in [6.45, 7) is 4.40. The van der Waals surface area contributed by atoms with Crippen LogP contribution >= 0.6 is 0 Å². The predicted octanol–water partition coefficient (Wildman–Crippen LogP) is 2.30. The monoisotopic (exact) mass is 286 g/mol. The minimum absolute atomic E-state index is 0.0598. The van der Waals surface area contributed by atoms with Gasteiger partial charge in [0.2, 0.25) is 11.8 Å². The highest BCUT2D eigenvalue weighted by atomic mass is 16.2. The van der Waals surface area contributed by atoms with Crippen molar-refractivity contribution in [1.82, 2.24) is 4.90 Å². The Labute approximate surface area is 125 Å². The number of carbonyl (C=O) groups excluding carboxylic acids is 2. The molecule has 2 aliphatic rings. The lowest BCUT2D eigenvalue weighted by Crippen LogP contribution is -2.43. The van der Waals surface area contributed by atoms with Crippen molar-refractivity contribution in [3.8, 4) is 0 Å². The Morgan fingerprint density at radius 3 is 2.67 bits per heavy atom. The van der Waals surface area contributed by atoms with Crippen molar-refractivity contribution in [3.05, 3.63) is 30.3 Å². The first kappa shape index (κ1) is 14.1. The van der Waals surface area contributed by atoms with Crippen LogP contribution in [0.3, 0.4) is 0 Å². The summed E-state index contributed by atoms with van der Waals surface area (Å²) in [5.41, 5.74) is 0.893. The van der Waals surface area contributed by atoms with Crippen LogP contribution in [0.5, 0.6) is 0 Å². The van der Waals surface area contributed by atoms with Gasteiger partial charge in [0.15, 0.2) is 0 Å². The molecule has 0 aromatic heterocycles. The SMILES string of the molecule is CC1CCCN(C(=O)C2CC(=O)N(c3ccccc3)C2)C1. The summed E-state index contributed by atoms with van der Waals surface area (Å²) in [6.07, 6.45) is 2.62. The Hall–Kier alpha value is -1.84. The third kappa shape index (κ3) is 2.94. The summed E-state index contributed by atoms with van der Waals surface area (Å²) in [5, 5.41) is 0. The molecule has 0 aliphatic carbocycles. The highest BCUT2D eigenvalue weighted by molar-refractivity contribution is 6.00. The van der Waals surface area contributed by atoms with E-state index >= 15 is 0 Å². The van der Waals surface area contributed by atoms with Gasteiger partial charge in [-0.1, -0.05) is 25.1 Å². The first-order valence-corrected chi connectivity index (χ1v) is 7.79. The van der Waals surface area contributed by atoms with Crippen LogP contribution in [0.4, 0.5) is 5.69 Å². The summed E-state index contributed by atoms with van der Waals surface area (Å²) >= 11 is 0. The predicted molar refractivity (Wildman–Crippen MR) is 81.9 cm³/mol. The van der Waals surface area contributed by atoms with Crippen molar-refractivity contribution in [2.45, 2.75) is 26.2 Å². The lowest BCUT2D eigenvalue weighted by molar-refractivity contribution is -0.137. The highest BCUT2D eigenvalue weighted by Gasteiger charge is 2.37. The third-order valence-corrected chi connectivity index (χ3v) is 4.51. The molecular weight excluding hydrogens is 264 g/mol. The molecule has 2 atom stereocenters. The zero-order valence-corrected chi connectivity index (χ0v) is 12.5. The molecule has 2 fully saturated rings. The minimum atomic E-state index is -0.178. The van der Waals surface area contributed by atoms with Crippen molar-refractivity contribution >= 4 is 17.5 Å². The number of hydrogen-bond acceptors (Lipinski definition) is 2. The molecular formula is C17H22N2O2. The number of benzene rings is 1. The normalized spacial score (nSPS) is 26.2. The third-order valence-electron chi connectivity index (χ3n) is 4.51. The van der Waals surface area contributed by atoms with Crippen LogP contribution in [-0.2, 0) is 9.59 Å². The Morgan fingerprint density at radius 2 is 1.95 bits per heavy atom. The summed E-state index contributed by atoms with van der Waals surface area (Å²) < 4.78 is 0. The van der Waals surface area contributed by atoms with E-state index in [2.05, 4.69) is 6.92 Å². The first-order chi connectivity index (χ1) is 10.1. The molecule has 0 saturated carbocycles. The van der Waals surface area contributed by atoms with E-state index < -0.39 is 0 Å². The lowest BCUT2D eigenvalue weighted by atomic mass is 9.98. The number of anilines is 1. The second-order valence-electron chi connectivity index (χ2n) is 6.27. The number of hydrogen-bond donors (Lipinski definition) is 0. The van der Waals surface area contributed by atoms with Crippen LogP contribution in [0.1, 0.15) is 26.2 Å². The Morgan fingerprint density at radius 1 is 1.19 bits per heavy atom. The number of amides is 2. The average molecular weight is 286 g/mol. The van der Waals surface area contributed by atoms with Gasteiger partial charge in [0.25, 0.3) is 0 Å². The summed E-state index contributed by atoms with van der Waals surface area (Å²) in [7, 11) is 0. The zero-order chi connectivity index (χ0) is 14.8. The van der Waals surface area contributed by atoms with E-state index in [0.29, 0.717) is 18.9 Å². The van der Waals surface area contributed by atoms with Crippen LogP contribution in [0.2, 0.25) is 0 Å². The van der Waals surface area contributed by atoms with Crippen LogP contribution < -0.4 is 4.90 Å². The fraction of sp³-hybridized carbons (Fsp3) is 0.529. The fourth-order valence-electron chi connectivity index (χ4n) is 3.38. The molecule has 112 valence electrons. The van der Waals surface area contributed by atoms with Crippen molar-refractivity contribution < 1.29 is 9.59 Å². The Balaban J connectivity index is 1.68. The van der Waals surface area contributed by atoms with E-state index in [4.69, 9.17) is 0 Å². The van der Waals surface area contributed by atoms with Gasteiger partial charge >= 0.3 is 0 Å². The highest BCUT2D eigenvalue weighted by Crippen LogP contribution is 2.27. The maximum Gasteiger partial charge on any atom is 0.228 e. The van der Waals surface area contributed by atoms with E-state index in [1.54, 1.807) is 4.90 Å². The van der Waals surface area contributed by atoms with Gasteiger partial charge in [-0.05, 0) is 30.9 Å². The molecule has 2 unspecified atom stereocenters. The maximum atomic E-state index is 12.6. The molecule has 0 bridgehead atoms. The first-order valence-electron chi connectivity index (χ1n) is 7.79. The van der Waals surface area contributed by atoms with Gasteiger partial charge in [0.05, 0.1) is 5.92 Å². The Kier molecular flexibility index (Phi) is 3.95. The van der Waals surface area contributed by atoms with E-state index in [0.717, 1.165) is 25.2 Å². The molecule has 2 saturated heterocycles. The van der Waals surface area contributed by atoms with E-state index in [9.17, 15) is 9.59 Å². The van der Waals surface area contributed by atoms with Crippen molar-refractivity contribution in [2.24, 2.45) is 11.8 Å². The van der Waals surface area contributed by atoms with Gasteiger partial charge in [-0.2, -0.15) is 0 Å². The second kappa shape index (κ2) is 5.88. The number of para-hydroxylation sites is 1. The fourth-order valence-corrected chi connectivity index (χ4v) is 3.38. The second-order valence-corrected chi connectivity index (χ2v) is 6.27. The van der Waals surface area contributed by atoms with Crippen LogP contribution in [0.15, 0.2) is 30.3 Å². The molecule has 21 heavy (non-hydrogen) atoms. The summed E-state index contributed by atoms with van der Waals surface area (Å²) in [6, 6.07) is 9.62. The molecule has 0 radical (unpaired) electrons. The van der Waals surface area contributed by atoms with E-state index in [-0.39, 0.29) is 17.7 Å². The molecule has 2 amide bonds. The van der Waals surface area contributed by atoms with Gasteiger partial charge in [-0.15, -0.1) is 0 Å². The molecule has 2 heterocycles. The Bertz CT molecular complexity index is 529. The van der Waals surface area contributed by atoms with Gasteiger partial charge < -0.3 is 9.80 Å². The number of rotatable bonds is 2. The number of piperidine rings is 1. The molecule has 1 aromatic rings. The maximum absolute atomic E-state index is 12.6. The average Bonchev–Trinajstić information content (AvgIpc) is 2.89. The van der Waals surface area contributed by atoms with Crippen molar-refractivity contribution in [1.29, 1.82) is 0 Å². The van der Waals surface area contributed by atoms with E-state index in [1.165, 1.54) is 6.42 Å². The van der Waals surface area contributed by atoms with Gasteiger partial charge in [-0.25, -0.2) is 0 Å². The largest absolute Gasteiger partial charge is 0.342 e. The smallest absolute Gasteiger partial charge is 0.228 e. The lowest BCUT2D eigenvalue weighted by Gasteiger charge is -2.32. The van der Waals surface area contributed by atoms with E-state index in [1.807, 2.05) is 35.2 Å². The summed E-state index contributed by atoms with van der Waals surface area (Å²) in [5.74, 6) is 0.617. The molecule has 4 nitrogen and oxygen atoms in total. The quantitative estimate of drug-likeness (QED) is 0.837. The van der Waals surface area contributed by atoms with Gasteiger partial charge in [-0.3, -0.25) is 9.59 Å². The summed E-state index contributed by atoms with van der Waals surface area (Å²) in [4.78, 5) is 28.5. The minimum Gasteiger partial charge on any atom is -0.342 e. The standard InChI is InChI=1S/C17H22N2O2/c1-13-6-5-9-18(11-13)17(21)14-10-16(20)19(12-14)15-7-3-2-4-8-15/h2-4,7-8,13-14H,5-6,9-12H2,1H3. The van der Waals surface area contributed by atoms with Gasteiger partial charge in [0.1, 0.15) is 0 Å². The topological polar surface area (TPSA) is 40.6 Å². The molecule has 0 spiro atoms. The van der Waals surface area contributed by atoms with Crippen molar-refractivity contribution in [2.75, 3.05) is 24.5 Å². The molecule has 0 N–H and O–H groups in total. The van der Waals surface area contributed by atoms with Crippen LogP contribution in [0, 0.1) is 11.8 Å². The molecule has 1 aromatic carbocycles. The zero-order valence-electron chi connectivity index (χ0n) is 12.5.